The summed E-state index contributed by atoms with van der Waals surface area (Å²) in [7, 11) is 0. The lowest BCUT2D eigenvalue weighted by molar-refractivity contribution is -0.384. The third kappa shape index (κ3) is 4.42. The van der Waals surface area contributed by atoms with Crippen LogP contribution >= 0.6 is 23.1 Å². The fourth-order valence-corrected chi connectivity index (χ4v) is 5.77. The summed E-state index contributed by atoms with van der Waals surface area (Å²) in [6, 6.07) is 14.4. The van der Waals surface area contributed by atoms with Crippen LogP contribution < -0.4 is 5.32 Å². The van der Waals surface area contributed by atoms with Crippen molar-refractivity contribution in [1.82, 2.24) is 19.6 Å². The van der Waals surface area contributed by atoms with Crippen molar-refractivity contribution in [2.75, 3.05) is 5.32 Å². The summed E-state index contributed by atoms with van der Waals surface area (Å²) in [6.07, 6.45) is 0.581. The number of thioether (sulfide) groups is 1. The summed E-state index contributed by atoms with van der Waals surface area (Å²) < 4.78 is 2.02. The van der Waals surface area contributed by atoms with E-state index >= 15 is 0 Å². The third-order valence-electron chi connectivity index (χ3n) is 5.89. The van der Waals surface area contributed by atoms with E-state index in [1.54, 1.807) is 17.5 Å². The Hall–Kier alpha value is -3.83. The first-order valence-corrected chi connectivity index (χ1v) is 13.0. The predicted molar refractivity (Wildman–Crippen MR) is 143 cm³/mol. The van der Waals surface area contributed by atoms with Crippen LogP contribution in [0.1, 0.15) is 24.5 Å². The number of nitro benzene ring substituents is 1. The van der Waals surface area contributed by atoms with Gasteiger partial charge < -0.3 is 5.32 Å². The van der Waals surface area contributed by atoms with E-state index in [1.807, 2.05) is 23.5 Å². The molecule has 5 rings (SSSR count). The average molecular weight is 519 g/mol. The summed E-state index contributed by atoms with van der Waals surface area (Å²) >= 11 is 2.64. The second-order valence-electron chi connectivity index (χ2n) is 8.32. The normalized spacial score (nSPS) is 12.2. The number of benzene rings is 2. The highest BCUT2D eigenvalue weighted by Gasteiger charge is 2.23. The number of thiazole rings is 1. The van der Waals surface area contributed by atoms with E-state index in [-0.39, 0.29) is 11.6 Å². The smallest absolute Gasteiger partial charge is 0.270 e. The van der Waals surface area contributed by atoms with Gasteiger partial charge in [-0.1, -0.05) is 49.0 Å². The van der Waals surface area contributed by atoms with E-state index in [9.17, 15) is 14.9 Å². The zero-order valence-electron chi connectivity index (χ0n) is 19.8. The Bertz CT molecular complexity index is 1630. The molecule has 0 radical (unpaired) electrons. The van der Waals surface area contributed by atoms with Crippen LogP contribution in [-0.2, 0) is 4.79 Å². The van der Waals surface area contributed by atoms with Gasteiger partial charge in [0.25, 0.3) is 5.69 Å². The first kappa shape index (κ1) is 23.9. The molecule has 1 amide bonds. The maximum absolute atomic E-state index is 13.2. The molecule has 0 saturated heterocycles. The summed E-state index contributed by atoms with van der Waals surface area (Å²) in [6.45, 7) is 6.06. The number of para-hydroxylation sites is 1. The quantitative estimate of drug-likeness (QED) is 0.159. The van der Waals surface area contributed by atoms with E-state index < -0.39 is 10.2 Å². The van der Waals surface area contributed by atoms with Crippen LogP contribution in [0.5, 0.6) is 0 Å². The van der Waals surface area contributed by atoms with Gasteiger partial charge in [0, 0.05) is 28.5 Å². The molecule has 0 fully saturated rings. The Morgan fingerprint density at radius 3 is 2.75 bits per heavy atom. The molecule has 0 bridgehead atoms. The Labute approximate surface area is 214 Å². The number of hydrogen-bond donors (Lipinski definition) is 1. The molecule has 182 valence electrons. The van der Waals surface area contributed by atoms with Crippen molar-refractivity contribution >= 4 is 56.4 Å². The number of pyridine rings is 1. The zero-order chi connectivity index (χ0) is 25.4. The number of aryl methyl sites for hydroxylation is 2. The molecule has 0 spiro atoms. The first-order chi connectivity index (χ1) is 17.4. The molecular formula is C25H22N6O3S2. The minimum absolute atomic E-state index is 0.00739. The fourth-order valence-electron chi connectivity index (χ4n) is 4.08. The van der Waals surface area contributed by atoms with Gasteiger partial charge in [-0.05, 0) is 37.5 Å². The number of nitro groups is 1. The van der Waals surface area contributed by atoms with E-state index in [2.05, 4.69) is 46.5 Å². The van der Waals surface area contributed by atoms with Crippen molar-refractivity contribution in [2.45, 2.75) is 37.6 Å². The number of carbonyl (C=O) groups is 1. The van der Waals surface area contributed by atoms with Gasteiger partial charge in [-0.15, -0.1) is 21.5 Å². The lowest BCUT2D eigenvalue weighted by atomic mass is 10.1. The van der Waals surface area contributed by atoms with Crippen LogP contribution in [0.4, 0.5) is 10.8 Å². The minimum Gasteiger partial charge on any atom is -0.301 e. The van der Waals surface area contributed by atoms with Crippen molar-refractivity contribution in [1.29, 1.82) is 0 Å². The van der Waals surface area contributed by atoms with Crippen molar-refractivity contribution < 1.29 is 9.72 Å². The molecular weight excluding hydrogens is 496 g/mol. The number of aromatic nitrogens is 4. The highest BCUT2D eigenvalue weighted by molar-refractivity contribution is 8.00. The number of anilines is 1. The Morgan fingerprint density at radius 2 is 1.97 bits per heavy atom. The maximum Gasteiger partial charge on any atom is 0.270 e. The minimum atomic E-state index is -0.443. The van der Waals surface area contributed by atoms with Crippen LogP contribution in [0, 0.1) is 24.0 Å². The lowest BCUT2D eigenvalue weighted by Crippen LogP contribution is -2.24. The SMILES string of the molecule is CCC(Sc1nnc2cc(C)c3cccc(C)c3n12)C(=O)Nc1nc(-c2cccc([N+](=O)[O-])c2)cs1. The Balaban J connectivity index is 1.39. The van der Waals surface area contributed by atoms with Crippen molar-refractivity contribution in [3.05, 3.63) is 75.2 Å². The first-order valence-electron chi connectivity index (χ1n) is 11.3. The maximum atomic E-state index is 13.2. The molecule has 0 aliphatic rings. The summed E-state index contributed by atoms with van der Waals surface area (Å²) in [5.41, 5.74) is 5.20. The molecule has 1 unspecified atom stereocenters. The van der Waals surface area contributed by atoms with Crippen LogP contribution in [-0.4, -0.2) is 35.7 Å². The molecule has 3 heterocycles. The molecule has 2 aromatic carbocycles. The van der Waals surface area contributed by atoms with Gasteiger partial charge in [0.2, 0.25) is 5.91 Å². The molecule has 5 aromatic rings. The average Bonchev–Trinajstić information content (AvgIpc) is 3.49. The molecule has 0 aliphatic carbocycles. The van der Waals surface area contributed by atoms with Gasteiger partial charge >= 0.3 is 0 Å². The van der Waals surface area contributed by atoms with Crippen LogP contribution in [0.15, 0.2) is 59.1 Å². The molecule has 0 aliphatic heterocycles. The van der Waals surface area contributed by atoms with E-state index in [0.717, 1.165) is 27.7 Å². The topological polar surface area (TPSA) is 115 Å². The summed E-state index contributed by atoms with van der Waals surface area (Å²) in [5.74, 6) is -0.188. The fraction of sp³-hybridized carbons (Fsp3) is 0.200. The standard InChI is InChI=1S/C25H22N6O3S2/c1-4-20(23(32)27-24-26-19(13-35-24)16-8-6-9-17(12-16)31(33)34)36-25-29-28-21-11-15(3)18-10-5-7-14(2)22(18)30(21)25/h5-13,20H,4H2,1-3H3,(H,26,27,32). The molecule has 1 N–H and O–H groups in total. The predicted octanol–water partition coefficient (Wildman–Crippen LogP) is 6.04. The number of rotatable bonds is 7. The Morgan fingerprint density at radius 1 is 1.17 bits per heavy atom. The molecule has 9 nitrogen and oxygen atoms in total. The monoisotopic (exact) mass is 518 g/mol. The van der Waals surface area contributed by atoms with E-state index in [4.69, 9.17) is 0 Å². The van der Waals surface area contributed by atoms with Gasteiger partial charge in [-0.25, -0.2) is 4.98 Å². The third-order valence-corrected chi connectivity index (χ3v) is 7.95. The molecule has 1 atom stereocenters. The number of hydrogen-bond acceptors (Lipinski definition) is 8. The lowest BCUT2D eigenvalue weighted by Gasteiger charge is -2.14. The number of carbonyl (C=O) groups excluding carboxylic acids is 1. The second-order valence-corrected chi connectivity index (χ2v) is 10.4. The van der Waals surface area contributed by atoms with Gasteiger partial charge in [0.15, 0.2) is 15.9 Å². The number of nitrogens with zero attached hydrogens (tertiary/aromatic N) is 5. The van der Waals surface area contributed by atoms with Crippen molar-refractivity contribution in [2.24, 2.45) is 0 Å². The van der Waals surface area contributed by atoms with Crippen LogP contribution in [0.2, 0.25) is 0 Å². The molecule has 3 aromatic heterocycles. The van der Waals surface area contributed by atoms with Gasteiger partial charge in [-0.2, -0.15) is 0 Å². The van der Waals surface area contributed by atoms with Gasteiger partial charge in [0.1, 0.15) is 0 Å². The number of amides is 1. The van der Waals surface area contributed by atoms with Gasteiger partial charge in [0.05, 0.1) is 21.4 Å². The summed E-state index contributed by atoms with van der Waals surface area (Å²) in [5, 5.41) is 26.3. The highest BCUT2D eigenvalue weighted by Crippen LogP contribution is 2.32. The second kappa shape index (κ2) is 9.67. The van der Waals surface area contributed by atoms with Crippen molar-refractivity contribution in [3.63, 3.8) is 0 Å². The number of fused-ring (bicyclic) bond motifs is 3. The summed E-state index contributed by atoms with van der Waals surface area (Å²) in [4.78, 5) is 28.3. The zero-order valence-corrected chi connectivity index (χ0v) is 21.4. The Kier molecular flexibility index (Phi) is 6.42. The number of non-ortho nitro benzene ring substituents is 1. The largest absolute Gasteiger partial charge is 0.301 e. The van der Waals surface area contributed by atoms with Gasteiger partial charge in [-0.3, -0.25) is 19.3 Å². The van der Waals surface area contributed by atoms with Crippen LogP contribution in [0.25, 0.3) is 27.8 Å². The molecule has 36 heavy (non-hydrogen) atoms. The highest BCUT2D eigenvalue weighted by atomic mass is 32.2. The van der Waals surface area contributed by atoms with E-state index in [0.29, 0.717) is 28.0 Å². The number of nitrogens with one attached hydrogen (secondary N) is 1. The molecule has 0 saturated carbocycles. The van der Waals surface area contributed by atoms with E-state index in [1.165, 1.54) is 35.2 Å². The molecule has 11 heteroatoms. The van der Waals surface area contributed by atoms with Crippen molar-refractivity contribution in [3.8, 4) is 11.3 Å². The van der Waals surface area contributed by atoms with Crippen LogP contribution in [0.3, 0.4) is 0 Å².